The maximum Gasteiger partial charge on any atom is 0.119 e. The smallest absolute Gasteiger partial charge is 0.119 e. The van der Waals surface area contributed by atoms with Gasteiger partial charge in [0, 0.05) is 13.0 Å². The van der Waals surface area contributed by atoms with Crippen LogP contribution >= 0.6 is 0 Å². The molecule has 1 rings (SSSR count). The second-order valence-electron chi connectivity index (χ2n) is 2.91. The summed E-state index contributed by atoms with van der Waals surface area (Å²) in [5.41, 5.74) is 1.12. The van der Waals surface area contributed by atoms with Gasteiger partial charge in [0.1, 0.15) is 13.6 Å². The van der Waals surface area contributed by atoms with Crippen molar-refractivity contribution in [3.05, 3.63) is 23.8 Å². The molecule has 2 N–H and O–H groups in total. The molecule has 74 valence electrons. The number of hydrogen-bond donors (Lipinski definition) is 2. The molecule has 0 fully saturated rings. The number of aliphatic hydroxyl groups is 2. The highest BCUT2D eigenvalue weighted by atomic mass is 16.5. The summed E-state index contributed by atoms with van der Waals surface area (Å²) in [6, 6.07) is 5.26. The minimum Gasteiger partial charge on any atom is -0.494 e. The predicted molar refractivity (Wildman–Crippen MR) is 55.0 cm³/mol. The third-order valence-electron chi connectivity index (χ3n) is 1.89. The molecule has 1 aromatic carbocycles. The van der Waals surface area contributed by atoms with Crippen molar-refractivity contribution in [2.75, 3.05) is 13.2 Å². The first-order valence-corrected chi connectivity index (χ1v) is 4.51. The van der Waals surface area contributed by atoms with E-state index in [1.54, 1.807) is 18.2 Å². The molecule has 0 aliphatic carbocycles. The summed E-state index contributed by atoms with van der Waals surface area (Å²) in [5, 5.41) is 17.5. The molecule has 1 aromatic rings. The van der Waals surface area contributed by atoms with Gasteiger partial charge in [0.2, 0.25) is 0 Å². The molecule has 0 unspecified atom stereocenters. The fourth-order valence-corrected chi connectivity index (χ4v) is 1.10. The van der Waals surface area contributed by atoms with E-state index in [1.165, 1.54) is 0 Å². The van der Waals surface area contributed by atoms with Crippen molar-refractivity contribution in [1.29, 1.82) is 0 Å². The lowest BCUT2D eigenvalue weighted by Crippen LogP contribution is -2.15. The highest BCUT2D eigenvalue weighted by Crippen LogP contribution is 2.09. The van der Waals surface area contributed by atoms with Crippen LogP contribution in [0, 0.1) is 0 Å². The van der Waals surface area contributed by atoms with Crippen LogP contribution in [0.15, 0.2) is 18.2 Å². The second-order valence-corrected chi connectivity index (χ2v) is 2.91. The Hall–Kier alpha value is -0.995. The summed E-state index contributed by atoms with van der Waals surface area (Å²) < 4.78 is 5.32. The Morgan fingerprint density at radius 2 is 2.07 bits per heavy atom. The molecule has 14 heavy (non-hydrogen) atoms. The Morgan fingerprint density at radius 3 is 2.71 bits per heavy atom. The third kappa shape index (κ3) is 2.75. The summed E-state index contributed by atoms with van der Waals surface area (Å²) in [5.74, 6) is 0.560. The SMILES string of the molecule is [B]c1c(CO)cccc1OCCCO. The van der Waals surface area contributed by atoms with E-state index in [0.29, 0.717) is 29.8 Å². The number of aliphatic hydroxyl groups excluding tert-OH is 2. The van der Waals surface area contributed by atoms with Gasteiger partial charge in [-0.1, -0.05) is 17.6 Å². The van der Waals surface area contributed by atoms with Crippen molar-refractivity contribution in [3.63, 3.8) is 0 Å². The van der Waals surface area contributed by atoms with Crippen LogP contribution in [0.2, 0.25) is 0 Å². The number of ether oxygens (including phenoxy) is 1. The molecular weight excluding hydrogens is 179 g/mol. The lowest BCUT2D eigenvalue weighted by molar-refractivity contribution is 0.234. The summed E-state index contributed by atoms with van der Waals surface area (Å²) in [4.78, 5) is 0. The zero-order valence-electron chi connectivity index (χ0n) is 7.94. The average molecular weight is 192 g/mol. The zero-order chi connectivity index (χ0) is 10.4. The standard InChI is InChI=1S/C10H13BO3/c11-10-8(7-13)3-1-4-9(10)14-6-2-5-12/h1,3-4,12-13H,2,5-7H2. The van der Waals surface area contributed by atoms with E-state index in [0.717, 1.165) is 0 Å². The molecule has 0 aromatic heterocycles. The van der Waals surface area contributed by atoms with Gasteiger partial charge in [0.25, 0.3) is 0 Å². The molecule has 0 bridgehead atoms. The maximum atomic E-state index is 8.94. The molecule has 3 nitrogen and oxygen atoms in total. The van der Waals surface area contributed by atoms with Crippen molar-refractivity contribution in [2.24, 2.45) is 0 Å². The fourth-order valence-electron chi connectivity index (χ4n) is 1.10. The van der Waals surface area contributed by atoms with Crippen molar-refractivity contribution in [3.8, 4) is 5.75 Å². The molecule has 0 atom stereocenters. The molecule has 0 spiro atoms. The van der Waals surface area contributed by atoms with E-state index in [1.807, 2.05) is 0 Å². The van der Waals surface area contributed by atoms with Gasteiger partial charge in [-0.05, 0) is 11.6 Å². The lowest BCUT2D eigenvalue weighted by Gasteiger charge is -2.11. The van der Waals surface area contributed by atoms with Gasteiger partial charge >= 0.3 is 0 Å². The van der Waals surface area contributed by atoms with Gasteiger partial charge in [-0.15, -0.1) is 0 Å². The van der Waals surface area contributed by atoms with Crippen molar-refractivity contribution in [2.45, 2.75) is 13.0 Å². The van der Waals surface area contributed by atoms with Crippen molar-refractivity contribution < 1.29 is 14.9 Å². The first-order valence-electron chi connectivity index (χ1n) is 4.51. The van der Waals surface area contributed by atoms with Crippen LogP contribution in [-0.2, 0) is 6.61 Å². The van der Waals surface area contributed by atoms with Crippen LogP contribution in [0.5, 0.6) is 5.75 Å². The molecule has 0 saturated carbocycles. The topological polar surface area (TPSA) is 49.7 Å². The van der Waals surface area contributed by atoms with E-state index in [9.17, 15) is 0 Å². The van der Waals surface area contributed by atoms with Gasteiger partial charge < -0.3 is 14.9 Å². The minimum atomic E-state index is -0.0942. The third-order valence-corrected chi connectivity index (χ3v) is 1.89. The molecule has 0 aliphatic heterocycles. The highest BCUT2D eigenvalue weighted by molar-refractivity contribution is 6.35. The Kier molecular flexibility index (Phi) is 4.49. The minimum absolute atomic E-state index is 0.0942. The van der Waals surface area contributed by atoms with Crippen LogP contribution in [-0.4, -0.2) is 31.3 Å². The van der Waals surface area contributed by atoms with Crippen molar-refractivity contribution in [1.82, 2.24) is 0 Å². The molecule has 4 heteroatoms. The number of hydrogen-bond acceptors (Lipinski definition) is 3. The molecule has 0 amide bonds. The van der Waals surface area contributed by atoms with Gasteiger partial charge in [0.15, 0.2) is 0 Å². The largest absolute Gasteiger partial charge is 0.494 e. The Bertz CT molecular complexity index is 289. The fraction of sp³-hybridized carbons (Fsp3) is 0.400. The van der Waals surface area contributed by atoms with Gasteiger partial charge in [-0.25, -0.2) is 0 Å². The number of benzene rings is 1. The molecule has 0 saturated heterocycles. The number of rotatable bonds is 5. The Balaban J connectivity index is 2.66. The summed E-state index contributed by atoms with van der Waals surface area (Å²) in [6.45, 7) is 0.429. The van der Waals surface area contributed by atoms with E-state index in [4.69, 9.17) is 22.8 Å². The molecule has 0 heterocycles. The van der Waals surface area contributed by atoms with Crippen LogP contribution < -0.4 is 10.2 Å². The zero-order valence-corrected chi connectivity index (χ0v) is 7.94. The first kappa shape index (κ1) is 11.1. The monoisotopic (exact) mass is 192 g/mol. The summed E-state index contributed by atoms with van der Waals surface area (Å²) in [6.07, 6.45) is 0.572. The van der Waals surface area contributed by atoms with Gasteiger partial charge in [-0.2, -0.15) is 0 Å². The molecule has 2 radical (unpaired) electrons. The Morgan fingerprint density at radius 1 is 1.29 bits per heavy atom. The quantitative estimate of drug-likeness (QED) is 0.498. The summed E-state index contributed by atoms with van der Waals surface area (Å²) in [7, 11) is 5.73. The molecular formula is C10H13BO3. The van der Waals surface area contributed by atoms with Gasteiger partial charge in [-0.3, -0.25) is 0 Å². The van der Waals surface area contributed by atoms with E-state index >= 15 is 0 Å². The second kappa shape index (κ2) is 5.68. The molecule has 0 aliphatic rings. The van der Waals surface area contributed by atoms with Crippen LogP contribution in [0.25, 0.3) is 0 Å². The van der Waals surface area contributed by atoms with Crippen LogP contribution in [0.3, 0.4) is 0 Å². The maximum absolute atomic E-state index is 8.94. The van der Waals surface area contributed by atoms with Crippen molar-refractivity contribution >= 4 is 13.3 Å². The Labute approximate surface area is 84.7 Å². The average Bonchev–Trinajstić information content (AvgIpc) is 2.21. The first-order chi connectivity index (χ1) is 6.79. The van der Waals surface area contributed by atoms with E-state index in [-0.39, 0.29) is 13.2 Å². The van der Waals surface area contributed by atoms with Gasteiger partial charge in [0.05, 0.1) is 13.2 Å². The van der Waals surface area contributed by atoms with Crippen LogP contribution in [0.4, 0.5) is 0 Å². The normalized spacial score (nSPS) is 10.1. The lowest BCUT2D eigenvalue weighted by atomic mass is 9.90. The summed E-state index contributed by atoms with van der Waals surface area (Å²) >= 11 is 0. The predicted octanol–water partition coefficient (Wildman–Crippen LogP) is -0.266. The van der Waals surface area contributed by atoms with E-state index in [2.05, 4.69) is 0 Å². The van der Waals surface area contributed by atoms with Crippen LogP contribution in [0.1, 0.15) is 12.0 Å². The van der Waals surface area contributed by atoms with E-state index < -0.39 is 0 Å². The highest BCUT2D eigenvalue weighted by Gasteiger charge is 2.02.